The minimum Gasteiger partial charge on any atom is -0.493 e. The number of nitrogens with one attached hydrogen (secondary N) is 2. The number of carbonyl (C=O) groups excluding carboxylic acids is 2. The van der Waals surface area contributed by atoms with Crippen LogP contribution in [0.3, 0.4) is 0 Å². The van der Waals surface area contributed by atoms with Crippen molar-refractivity contribution in [2.45, 2.75) is 38.5 Å². The Kier molecular flexibility index (Phi) is 8.24. The molecule has 1 aromatic heterocycles. The molecular formula is C23H27N3O4S2. The van der Waals surface area contributed by atoms with Crippen molar-refractivity contribution in [2.75, 3.05) is 19.5 Å². The second-order valence-corrected chi connectivity index (χ2v) is 8.89. The molecule has 3 rings (SSSR count). The molecule has 0 unspecified atom stereocenters. The molecule has 0 aliphatic heterocycles. The van der Waals surface area contributed by atoms with Crippen molar-refractivity contribution in [1.82, 2.24) is 5.32 Å². The molecule has 0 saturated carbocycles. The van der Waals surface area contributed by atoms with Crippen LogP contribution in [0, 0.1) is 0 Å². The van der Waals surface area contributed by atoms with Gasteiger partial charge in [0.2, 0.25) is 5.91 Å². The summed E-state index contributed by atoms with van der Waals surface area (Å²) in [5.41, 5.74) is 7.95. The third-order valence-electron chi connectivity index (χ3n) is 5.22. The number of thiocarbonyl (C=S) groups is 1. The summed E-state index contributed by atoms with van der Waals surface area (Å²) in [6, 6.07) is 5.33. The van der Waals surface area contributed by atoms with Gasteiger partial charge in [-0.1, -0.05) is 18.9 Å². The Labute approximate surface area is 197 Å². The molecule has 0 saturated heterocycles. The van der Waals surface area contributed by atoms with E-state index in [1.807, 2.05) is 6.07 Å². The van der Waals surface area contributed by atoms with Crippen LogP contribution in [-0.2, 0) is 17.6 Å². The van der Waals surface area contributed by atoms with Gasteiger partial charge < -0.3 is 20.5 Å². The Morgan fingerprint density at radius 2 is 1.81 bits per heavy atom. The number of amides is 2. The van der Waals surface area contributed by atoms with Gasteiger partial charge in [-0.05, 0) is 67.2 Å². The topological polar surface area (TPSA) is 103 Å². The first-order valence-electron chi connectivity index (χ1n) is 10.4. The number of ether oxygens (including phenoxy) is 2. The molecule has 2 aromatic rings. The monoisotopic (exact) mass is 473 g/mol. The maximum Gasteiger partial charge on any atom is 0.251 e. The number of primary amides is 1. The number of benzene rings is 1. The van der Waals surface area contributed by atoms with Crippen LogP contribution in [-0.4, -0.2) is 31.1 Å². The quantitative estimate of drug-likeness (QED) is 0.432. The van der Waals surface area contributed by atoms with Gasteiger partial charge in [0.25, 0.3) is 5.91 Å². The van der Waals surface area contributed by atoms with Crippen molar-refractivity contribution >= 4 is 51.6 Å². The number of nitrogens with two attached hydrogens (primary N) is 1. The lowest BCUT2D eigenvalue weighted by atomic mass is 9.96. The Morgan fingerprint density at radius 3 is 2.50 bits per heavy atom. The molecule has 0 atom stereocenters. The Morgan fingerprint density at radius 1 is 1.09 bits per heavy atom. The molecule has 170 valence electrons. The fourth-order valence-corrected chi connectivity index (χ4v) is 5.25. The molecule has 32 heavy (non-hydrogen) atoms. The number of thiophene rings is 1. The van der Waals surface area contributed by atoms with Gasteiger partial charge >= 0.3 is 0 Å². The summed E-state index contributed by atoms with van der Waals surface area (Å²) in [6.45, 7) is 0. The van der Waals surface area contributed by atoms with Gasteiger partial charge in [0.05, 0.1) is 19.8 Å². The van der Waals surface area contributed by atoms with Gasteiger partial charge in [0, 0.05) is 11.0 Å². The second-order valence-electron chi connectivity index (χ2n) is 7.38. The highest BCUT2D eigenvalue weighted by Crippen LogP contribution is 2.36. The normalized spacial score (nSPS) is 13.6. The first kappa shape index (κ1) is 23.7. The van der Waals surface area contributed by atoms with Crippen LogP contribution in [0.5, 0.6) is 11.5 Å². The van der Waals surface area contributed by atoms with Gasteiger partial charge in [-0.15, -0.1) is 11.3 Å². The van der Waals surface area contributed by atoms with E-state index in [4.69, 9.17) is 27.4 Å². The molecule has 0 bridgehead atoms. The zero-order valence-corrected chi connectivity index (χ0v) is 19.8. The summed E-state index contributed by atoms with van der Waals surface area (Å²) in [7, 11) is 3.11. The van der Waals surface area contributed by atoms with E-state index < -0.39 is 11.8 Å². The van der Waals surface area contributed by atoms with E-state index in [-0.39, 0.29) is 5.11 Å². The Hall–Kier alpha value is -2.91. The highest BCUT2D eigenvalue weighted by Gasteiger charge is 2.23. The van der Waals surface area contributed by atoms with E-state index in [2.05, 4.69) is 10.6 Å². The van der Waals surface area contributed by atoms with Crippen molar-refractivity contribution in [2.24, 2.45) is 5.73 Å². The van der Waals surface area contributed by atoms with Crippen LogP contribution < -0.4 is 25.8 Å². The number of methoxy groups -OCH3 is 2. The molecule has 1 aliphatic rings. The predicted octanol–water partition coefficient (Wildman–Crippen LogP) is 4.05. The van der Waals surface area contributed by atoms with Crippen LogP contribution in [0.1, 0.15) is 52.0 Å². The van der Waals surface area contributed by atoms with Crippen LogP contribution in [0.25, 0.3) is 6.08 Å². The van der Waals surface area contributed by atoms with Crippen molar-refractivity contribution in [3.63, 3.8) is 0 Å². The summed E-state index contributed by atoms with van der Waals surface area (Å²) in [4.78, 5) is 25.6. The summed E-state index contributed by atoms with van der Waals surface area (Å²) in [6.07, 6.45) is 9.24. The summed E-state index contributed by atoms with van der Waals surface area (Å²) in [5.74, 6) is 0.301. The summed E-state index contributed by atoms with van der Waals surface area (Å²) < 4.78 is 10.5. The third kappa shape index (κ3) is 5.86. The van der Waals surface area contributed by atoms with Gasteiger partial charge in [0.1, 0.15) is 5.00 Å². The standard InChI is InChI=1S/C23H27N3O4S2/c1-29-16-11-9-14(13-17(16)30-2)10-12-19(27)25-23(31)26-22-20(21(24)28)15-7-5-3-4-6-8-18(15)32-22/h9-13H,3-8H2,1-2H3,(H2,24,28)(H2,25,26,27,31)/b12-10+. The van der Waals surface area contributed by atoms with E-state index in [9.17, 15) is 9.59 Å². The molecule has 1 aromatic carbocycles. The number of fused-ring (bicyclic) bond motifs is 1. The third-order valence-corrected chi connectivity index (χ3v) is 6.63. The number of hydrogen-bond donors (Lipinski definition) is 3. The van der Waals surface area contributed by atoms with Crippen LogP contribution in [0.4, 0.5) is 5.00 Å². The average Bonchev–Trinajstić information content (AvgIpc) is 3.07. The summed E-state index contributed by atoms with van der Waals surface area (Å²) in [5, 5.41) is 6.32. The Bertz CT molecular complexity index is 1050. The van der Waals surface area contributed by atoms with Crippen molar-refractivity contribution in [3.05, 3.63) is 45.8 Å². The molecule has 1 aliphatic carbocycles. The number of anilines is 1. The molecule has 4 N–H and O–H groups in total. The molecule has 0 radical (unpaired) electrons. The maximum atomic E-state index is 12.3. The lowest BCUT2D eigenvalue weighted by molar-refractivity contribution is -0.115. The van der Waals surface area contributed by atoms with Crippen molar-refractivity contribution in [3.8, 4) is 11.5 Å². The zero-order valence-electron chi connectivity index (χ0n) is 18.2. The number of carbonyl (C=O) groups is 2. The fourth-order valence-electron chi connectivity index (χ4n) is 3.68. The van der Waals surface area contributed by atoms with E-state index in [1.54, 1.807) is 32.4 Å². The summed E-state index contributed by atoms with van der Waals surface area (Å²) >= 11 is 6.79. The lowest BCUT2D eigenvalue weighted by Crippen LogP contribution is -2.33. The van der Waals surface area contributed by atoms with E-state index in [0.717, 1.165) is 43.2 Å². The van der Waals surface area contributed by atoms with Crippen molar-refractivity contribution in [1.29, 1.82) is 0 Å². The predicted molar refractivity (Wildman–Crippen MR) is 132 cm³/mol. The fraction of sp³-hybridized carbons (Fsp3) is 0.348. The van der Waals surface area contributed by atoms with Crippen LogP contribution in [0.2, 0.25) is 0 Å². The minimum absolute atomic E-state index is 0.115. The molecule has 9 heteroatoms. The minimum atomic E-state index is -0.479. The molecule has 7 nitrogen and oxygen atoms in total. The highest BCUT2D eigenvalue weighted by molar-refractivity contribution is 7.80. The van der Waals surface area contributed by atoms with E-state index in [1.165, 1.54) is 28.7 Å². The highest BCUT2D eigenvalue weighted by atomic mass is 32.1. The average molecular weight is 474 g/mol. The largest absolute Gasteiger partial charge is 0.493 e. The smallest absolute Gasteiger partial charge is 0.251 e. The molecule has 0 spiro atoms. The molecule has 2 amide bonds. The van der Waals surface area contributed by atoms with Crippen molar-refractivity contribution < 1.29 is 19.1 Å². The maximum absolute atomic E-state index is 12.3. The molecular weight excluding hydrogens is 446 g/mol. The molecule has 0 fully saturated rings. The van der Waals surface area contributed by atoms with Crippen LogP contribution in [0.15, 0.2) is 24.3 Å². The number of rotatable bonds is 6. The first-order valence-corrected chi connectivity index (χ1v) is 11.6. The first-order chi connectivity index (χ1) is 15.4. The number of aryl methyl sites for hydroxylation is 1. The van der Waals surface area contributed by atoms with Gasteiger partial charge in [-0.25, -0.2) is 0 Å². The second kappa shape index (κ2) is 11.1. The van der Waals surface area contributed by atoms with Gasteiger partial charge in [-0.3, -0.25) is 14.9 Å². The van der Waals surface area contributed by atoms with Crippen LogP contribution >= 0.6 is 23.6 Å². The van der Waals surface area contributed by atoms with Gasteiger partial charge in [-0.2, -0.15) is 0 Å². The SMILES string of the molecule is COc1ccc(/C=C/C(=O)NC(=S)Nc2sc3c(c2C(N)=O)CCCCCC3)cc1OC. The zero-order chi connectivity index (χ0) is 23.1. The van der Waals surface area contributed by atoms with E-state index >= 15 is 0 Å². The number of hydrogen-bond acceptors (Lipinski definition) is 6. The Balaban J connectivity index is 1.68. The molecule has 1 heterocycles. The van der Waals surface area contributed by atoms with E-state index in [0.29, 0.717) is 22.1 Å². The van der Waals surface area contributed by atoms with Gasteiger partial charge in [0.15, 0.2) is 16.6 Å². The lowest BCUT2D eigenvalue weighted by Gasteiger charge is -2.10.